The third-order valence-corrected chi connectivity index (χ3v) is 3.24. The summed E-state index contributed by atoms with van der Waals surface area (Å²) in [7, 11) is 0. The van der Waals surface area contributed by atoms with E-state index in [2.05, 4.69) is 0 Å². The van der Waals surface area contributed by atoms with Crippen molar-refractivity contribution in [3.8, 4) is 0 Å². The normalized spacial score (nSPS) is 21.4. The van der Waals surface area contributed by atoms with Crippen molar-refractivity contribution in [2.24, 2.45) is 5.73 Å². The Morgan fingerprint density at radius 2 is 2.14 bits per heavy atom. The molecule has 2 nitrogen and oxygen atoms in total. The Kier molecular flexibility index (Phi) is 2.52. The third kappa shape index (κ3) is 1.65. The molecule has 1 atom stereocenters. The molecule has 1 aliphatic carbocycles. The van der Waals surface area contributed by atoms with Crippen LogP contribution in [-0.4, -0.2) is 10.7 Å². The van der Waals surface area contributed by atoms with Crippen LogP contribution in [-0.2, 0) is 0 Å². The van der Waals surface area contributed by atoms with Crippen molar-refractivity contribution in [1.82, 2.24) is 0 Å². The molecule has 1 saturated carbocycles. The second-order valence-corrected chi connectivity index (χ2v) is 4.43. The summed E-state index contributed by atoms with van der Waals surface area (Å²) >= 11 is 5.86. The van der Waals surface area contributed by atoms with Gasteiger partial charge in [0, 0.05) is 5.02 Å². The van der Waals surface area contributed by atoms with Crippen LogP contribution in [0.3, 0.4) is 0 Å². The number of rotatable bonds is 2. The van der Waals surface area contributed by atoms with E-state index in [0.717, 1.165) is 24.8 Å². The summed E-state index contributed by atoms with van der Waals surface area (Å²) in [6.45, 7) is 0. The number of nitrogens with two attached hydrogens (primary N) is 1. The predicted octanol–water partition coefficient (Wildman–Crippen LogP) is 2.25. The van der Waals surface area contributed by atoms with Crippen molar-refractivity contribution in [3.63, 3.8) is 0 Å². The molecule has 0 saturated heterocycles. The van der Waals surface area contributed by atoms with Gasteiger partial charge in [0.1, 0.15) is 0 Å². The van der Waals surface area contributed by atoms with E-state index in [1.165, 1.54) is 0 Å². The zero-order valence-corrected chi connectivity index (χ0v) is 8.67. The summed E-state index contributed by atoms with van der Waals surface area (Å²) in [4.78, 5) is 0. The molecule has 0 aromatic heterocycles. The van der Waals surface area contributed by atoms with Gasteiger partial charge in [0.25, 0.3) is 0 Å². The van der Waals surface area contributed by atoms with Crippen LogP contribution in [0.15, 0.2) is 24.3 Å². The molecule has 1 aliphatic rings. The Balaban J connectivity index is 2.22. The van der Waals surface area contributed by atoms with Crippen LogP contribution >= 0.6 is 11.6 Å². The maximum atomic E-state index is 10.1. The lowest BCUT2D eigenvalue weighted by Crippen LogP contribution is -2.46. The summed E-state index contributed by atoms with van der Waals surface area (Å²) in [5.41, 5.74) is 6.21. The number of benzene rings is 1. The van der Waals surface area contributed by atoms with Crippen LogP contribution in [0.5, 0.6) is 0 Å². The molecule has 1 fully saturated rings. The Morgan fingerprint density at radius 1 is 1.43 bits per heavy atom. The van der Waals surface area contributed by atoms with Gasteiger partial charge in [-0.1, -0.05) is 23.7 Å². The monoisotopic (exact) mass is 211 g/mol. The Morgan fingerprint density at radius 3 is 2.64 bits per heavy atom. The molecule has 0 radical (unpaired) electrons. The molecule has 0 heterocycles. The predicted molar refractivity (Wildman–Crippen MR) is 57.2 cm³/mol. The molecule has 0 spiro atoms. The van der Waals surface area contributed by atoms with E-state index in [1.54, 1.807) is 0 Å². The fourth-order valence-electron chi connectivity index (χ4n) is 1.86. The molecular formula is C11H14ClNO. The van der Waals surface area contributed by atoms with Crippen LogP contribution in [0.2, 0.25) is 5.02 Å². The molecule has 3 N–H and O–H groups in total. The maximum absolute atomic E-state index is 10.1. The van der Waals surface area contributed by atoms with Crippen molar-refractivity contribution >= 4 is 11.6 Å². The minimum absolute atomic E-state index is 0.310. The molecular weight excluding hydrogens is 198 g/mol. The summed E-state index contributed by atoms with van der Waals surface area (Å²) in [5, 5.41) is 10.7. The van der Waals surface area contributed by atoms with Crippen molar-refractivity contribution in [2.75, 3.05) is 0 Å². The molecule has 1 unspecified atom stereocenters. The van der Waals surface area contributed by atoms with Crippen molar-refractivity contribution in [3.05, 3.63) is 34.9 Å². The first-order valence-corrected chi connectivity index (χ1v) is 5.23. The standard InChI is InChI=1S/C11H14ClNO/c12-9-4-1-3-8(7-9)10(13)11(14)5-2-6-11/h1,3-4,7,10,14H,2,5-6,13H2. The Labute approximate surface area is 88.7 Å². The second-order valence-electron chi connectivity index (χ2n) is 3.99. The van der Waals surface area contributed by atoms with E-state index in [9.17, 15) is 5.11 Å². The van der Waals surface area contributed by atoms with Gasteiger partial charge < -0.3 is 10.8 Å². The zero-order valence-electron chi connectivity index (χ0n) is 7.91. The average molecular weight is 212 g/mol. The van der Waals surface area contributed by atoms with Gasteiger partial charge in [-0.2, -0.15) is 0 Å². The van der Waals surface area contributed by atoms with Crippen molar-refractivity contribution in [1.29, 1.82) is 0 Å². The lowest BCUT2D eigenvalue weighted by atomic mass is 9.73. The maximum Gasteiger partial charge on any atom is 0.0839 e. The minimum Gasteiger partial charge on any atom is -0.388 e. The highest BCUT2D eigenvalue weighted by molar-refractivity contribution is 6.30. The largest absolute Gasteiger partial charge is 0.388 e. The minimum atomic E-state index is -0.704. The molecule has 1 aromatic carbocycles. The third-order valence-electron chi connectivity index (χ3n) is 3.01. The molecule has 1 aromatic rings. The lowest BCUT2D eigenvalue weighted by molar-refractivity contribution is -0.0559. The van der Waals surface area contributed by atoms with Crippen LogP contribution < -0.4 is 5.73 Å². The highest BCUT2D eigenvalue weighted by Gasteiger charge is 2.40. The zero-order chi connectivity index (χ0) is 10.2. The van der Waals surface area contributed by atoms with Crippen molar-refractivity contribution in [2.45, 2.75) is 30.9 Å². The summed E-state index contributed by atoms with van der Waals surface area (Å²) in [5.74, 6) is 0. The molecule has 2 rings (SSSR count). The van der Waals surface area contributed by atoms with Gasteiger partial charge in [0.05, 0.1) is 11.6 Å². The van der Waals surface area contributed by atoms with Gasteiger partial charge in [0.15, 0.2) is 0 Å². The van der Waals surface area contributed by atoms with E-state index >= 15 is 0 Å². The quantitative estimate of drug-likeness (QED) is 0.788. The Bertz CT molecular complexity index is 336. The van der Waals surface area contributed by atoms with Gasteiger partial charge in [-0.05, 0) is 37.0 Å². The molecule has 14 heavy (non-hydrogen) atoms. The smallest absolute Gasteiger partial charge is 0.0839 e. The van der Waals surface area contributed by atoms with E-state index in [1.807, 2.05) is 24.3 Å². The van der Waals surface area contributed by atoms with Crippen LogP contribution in [0, 0.1) is 0 Å². The first-order chi connectivity index (χ1) is 6.62. The number of hydrogen-bond acceptors (Lipinski definition) is 2. The first-order valence-electron chi connectivity index (χ1n) is 4.85. The molecule has 3 heteroatoms. The number of hydrogen-bond donors (Lipinski definition) is 2. The van der Waals surface area contributed by atoms with Gasteiger partial charge >= 0.3 is 0 Å². The van der Waals surface area contributed by atoms with Gasteiger partial charge in [0.2, 0.25) is 0 Å². The lowest BCUT2D eigenvalue weighted by Gasteiger charge is -2.41. The average Bonchev–Trinajstić information content (AvgIpc) is 2.13. The molecule has 76 valence electrons. The molecule has 0 amide bonds. The number of halogens is 1. The van der Waals surface area contributed by atoms with E-state index in [0.29, 0.717) is 5.02 Å². The highest BCUT2D eigenvalue weighted by atomic mass is 35.5. The van der Waals surface area contributed by atoms with Crippen LogP contribution in [0.25, 0.3) is 0 Å². The summed E-state index contributed by atoms with van der Waals surface area (Å²) < 4.78 is 0. The number of aliphatic hydroxyl groups is 1. The first kappa shape index (κ1) is 9.97. The second kappa shape index (κ2) is 3.54. The van der Waals surface area contributed by atoms with E-state index in [4.69, 9.17) is 17.3 Å². The fourth-order valence-corrected chi connectivity index (χ4v) is 2.06. The van der Waals surface area contributed by atoms with E-state index < -0.39 is 5.60 Å². The Hall–Kier alpha value is -0.570. The molecule has 0 bridgehead atoms. The van der Waals surface area contributed by atoms with Gasteiger partial charge in [-0.25, -0.2) is 0 Å². The fraction of sp³-hybridized carbons (Fsp3) is 0.455. The molecule has 0 aliphatic heterocycles. The topological polar surface area (TPSA) is 46.2 Å². The van der Waals surface area contributed by atoms with Crippen LogP contribution in [0.1, 0.15) is 30.9 Å². The van der Waals surface area contributed by atoms with Crippen molar-refractivity contribution < 1.29 is 5.11 Å². The summed E-state index contributed by atoms with van der Waals surface area (Å²) in [6.07, 6.45) is 2.64. The van der Waals surface area contributed by atoms with Gasteiger partial charge in [-0.15, -0.1) is 0 Å². The van der Waals surface area contributed by atoms with E-state index in [-0.39, 0.29) is 6.04 Å². The van der Waals surface area contributed by atoms with Crippen LogP contribution in [0.4, 0.5) is 0 Å². The highest BCUT2D eigenvalue weighted by Crippen LogP contribution is 2.40. The SMILES string of the molecule is NC(c1cccc(Cl)c1)C1(O)CCC1. The van der Waals surface area contributed by atoms with Gasteiger partial charge in [-0.3, -0.25) is 0 Å². The summed E-state index contributed by atoms with van der Waals surface area (Å²) in [6, 6.07) is 7.09.